The van der Waals surface area contributed by atoms with E-state index in [0.717, 1.165) is 37.9 Å². The summed E-state index contributed by atoms with van der Waals surface area (Å²) in [5.41, 5.74) is 0. The van der Waals surface area contributed by atoms with E-state index in [1.54, 1.807) is 0 Å². The van der Waals surface area contributed by atoms with Crippen LogP contribution in [0.15, 0.2) is 0 Å². The molecule has 6 nitrogen and oxygen atoms in total. The third-order valence-electron chi connectivity index (χ3n) is 4.09. The summed E-state index contributed by atoms with van der Waals surface area (Å²) in [6.07, 6.45) is 5.94. The average Bonchev–Trinajstić information content (AvgIpc) is 2.81. The smallest absolute Gasteiger partial charge is 0.291 e. The Morgan fingerprint density at radius 3 is 2.89 bits per heavy atom. The molecule has 0 radical (unpaired) electrons. The number of aromatic nitrogens is 3. The van der Waals surface area contributed by atoms with E-state index in [2.05, 4.69) is 20.5 Å². The van der Waals surface area contributed by atoms with Gasteiger partial charge in [0.25, 0.3) is 5.91 Å². The fourth-order valence-electron chi connectivity index (χ4n) is 2.94. The van der Waals surface area contributed by atoms with Crippen molar-refractivity contribution in [2.75, 3.05) is 0 Å². The number of ether oxygens (including phenoxy) is 1. The molecule has 2 saturated heterocycles. The highest BCUT2D eigenvalue weighted by Crippen LogP contribution is 2.38. The van der Waals surface area contributed by atoms with Gasteiger partial charge >= 0.3 is 0 Å². The first kappa shape index (κ1) is 10.5. The minimum Gasteiger partial charge on any atom is -0.373 e. The Labute approximate surface area is 105 Å². The summed E-state index contributed by atoms with van der Waals surface area (Å²) in [6, 6.07) is 0.138. The lowest BCUT2D eigenvalue weighted by atomic mass is 9.95. The number of hydrogen-bond donors (Lipinski definition) is 2. The van der Waals surface area contributed by atoms with Crippen LogP contribution in [-0.2, 0) is 4.74 Å². The van der Waals surface area contributed by atoms with Gasteiger partial charge in [-0.25, -0.2) is 4.98 Å². The SMILES string of the molecule is O=C(NC1CC2CCC1O2)c1n[nH]c(C2CC2)n1. The van der Waals surface area contributed by atoms with Gasteiger partial charge in [-0.1, -0.05) is 0 Å². The molecule has 0 aromatic carbocycles. The van der Waals surface area contributed by atoms with Crippen LogP contribution in [0.25, 0.3) is 0 Å². The number of aromatic amines is 1. The van der Waals surface area contributed by atoms with Crippen molar-refractivity contribution in [3.63, 3.8) is 0 Å². The zero-order valence-electron chi connectivity index (χ0n) is 10.1. The summed E-state index contributed by atoms with van der Waals surface area (Å²) in [4.78, 5) is 16.3. The van der Waals surface area contributed by atoms with E-state index in [-0.39, 0.29) is 23.9 Å². The summed E-state index contributed by atoms with van der Waals surface area (Å²) in [5.74, 6) is 1.42. The number of carbonyl (C=O) groups is 1. The number of fused-ring (bicyclic) bond motifs is 2. The number of amides is 1. The molecule has 2 aliphatic heterocycles. The van der Waals surface area contributed by atoms with Crippen LogP contribution in [0, 0.1) is 0 Å². The van der Waals surface area contributed by atoms with Crippen LogP contribution in [0.3, 0.4) is 0 Å². The van der Waals surface area contributed by atoms with Gasteiger partial charge in [0.15, 0.2) is 0 Å². The van der Waals surface area contributed by atoms with Crippen molar-refractivity contribution in [2.45, 2.75) is 56.3 Å². The van der Waals surface area contributed by atoms with Crippen LogP contribution in [-0.4, -0.2) is 39.3 Å². The van der Waals surface area contributed by atoms with Gasteiger partial charge in [0.2, 0.25) is 5.82 Å². The van der Waals surface area contributed by atoms with Gasteiger partial charge in [-0.3, -0.25) is 9.89 Å². The van der Waals surface area contributed by atoms with E-state index in [1.165, 1.54) is 0 Å². The van der Waals surface area contributed by atoms with Gasteiger partial charge in [0.05, 0.1) is 18.2 Å². The molecular weight excluding hydrogens is 232 g/mol. The highest BCUT2D eigenvalue weighted by molar-refractivity contribution is 5.90. The molecule has 3 heterocycles. The molecule has 18 heavy (non-hydrogen) atoms. The number of rotatable bonds is 3. The summed E-state index contributed by atoms with van der Waals surface area (Å²) in [6.45, 7) is 0. The summed E-state index contributed by atoms with van der Waals surface area (Å²) < 4.78 is 5.71. The standard InChI is InChI=1S/C12H16N4O2/c17-12(11-14-10(15-16-11)6-1-2-6)13-8-5-7-3-4-9(8)18-7/h6-9H,1-5H2,(H,13,17)(H,14,15,16). The van der Waals surface area contributed by atoms with Crippen LogP contribution in [0.4, 0.5) is 0 Å². The minimum atomic E-state index is -0.181. The second kappa shape index (κ2) is 3.78. The first-order valence-corrected chi connectivity index (χ1v) is 6.68. The van der Waals surface area contributed by atoms with E-state index < -0.39 is 0 Å². The second-order valence-corrected chi connectivity index (χ2v) is 5.51. The lowest BCUT2D eigenvalue weighted by molar-refractivity contribution is 0.0834. The van der Waals surface area contributed by atoms with Crippen molar-refractivity contribution < 1.29 is 9.53 Å². The maximum atomic E-state index is 12.0. The first-order chi connectivity index (χ1) is 8.79. The van der Waals surface area contributed by atoms with E-state index >= 15 is 0 Å². The number of nitrogens with zero attached hydrogens (tertiary/aromatic N) is 2. The molecule has 3 unspecified atom stereocenters. The molecule has 1 saturated carbocycles. The van der Waals surface area contributed by atoms with Crippen molar-refractivity contribution in [3.05, 3.63) is 11.6 Å². The Kier molecular flexibility index (Phi) is 2.20. The molecule has 2 bridgehead atoms. The fourth-order valence-corrected chi connectivity index (χ4v) is 2.94. The maximum Gasteiger partial charge on any atom is 0.291 e. The Morgan fingerprint density at radius 2 is 2.22 bits per heavy atom. The first-order valence-electron chi connectivity index (χ1n) is 6.68. The quantitative estimate of drug-likeness (QED) is 0.826. The number of H-pyrrole nitrogens is 1. The van der Waals surface area contributed by atoms with Crippen LogP contribution in [0.2, 0.25) is 0 Å². The zero-order chi connectivity index (χ0) is 12.1. The third kappa shape index (κ3) is 1.71. The monoisotopic (exact) mass is 248 g/mol. The van der Waals surface area contributed by atoms with Gasteiger partial charge in [0.1, 0.15) is 5.82 Å². The molecule has 1 aromatic heterocycles. The molecule has 2 N–H and O–H groups in total. The van der Waals surface area contributed by atoms with Crippen LogP contribution in [0.1, 0.15) is 54.5 Å². The second-order valence-electron chi connectivity index (χ2n) is 5.51. The van der Waals surface area contributed by atoms with Crippen LogP contribution >= 0.6 is 0 Å². The highest BCUT2D eigenvalue weighted by atomic mass is 16.5. The Morgan fingerprint density at radius 1 is 1.33 bits per heavy atom. The van der Waals surface area contributed by atoms with Gasteiger partial charge in [-0.05, 0) is 32.1 Å². The van der Waals surface area contributed by atoms with Crippen molar-refractivity contribution in [1.29, 1.82) is 0 Å². The molecule has 3 atom stereocenters. The highest BCUT2D eigenvalue weighted by Gasteiger charge is 2.41. The fraction of sp³-hybridized carbons (Fsp3) is 0.750. The predicted octanol–water partition coefficient (Wildman–Crippen LogP) is 0.732. The lowest BCUT2D eigenvalue weighted by Crippen LogP contribution is -2.41. The Hall–Kier alpha value is -1.43. The third-order valence-corrected chi connectivity index (χ3v) is 4.09. The lowest BCUT2D eigenvalue weighted by Gasteiger charge is -2.18. The van der Waals surface area contributed by atoms with Crippen molar-refractivity contribution in [1.82, 2.24) is 20.5 Å². The van der Waals surface area contributed by atoms with Crippen molar-refractivity contribution in [2.24, 2.45) is 0 Å². The van der Waals surface area contributed by atoms with E-state index in [0.29, 0.717) is 12.0 Å². The molecular formula is C12H16N4O2. The average molecular weight is 248 g/mol. The predicted molar refractivity (Wildman–Crippen MR) is 62.1 cm³/mol. The number of nitrogens with one attached hydrogen (secondary N) is 2. The Bertz CT molecular complexity index is 482. The van der Waals surface area contributed by atoms with Crippen molar-refractivity contribution >= 4 is 5.91 Å². The van der Waals surface area contributed by atoms with Gasteiger partial charge in [-0.2, -0.15) is 0 Å². The molecule has 6 heteroatoms. The number of hydrogen-bond acceptors (Lipinski definition) is 4. The zero-order valence-corrected chi connectivity index (χ0v) is 10.1. The van der Waals surface area contributed by atoms with E-state index in [1.807, 2.05) is 0 Å². The molecule has 0 spiro atoms. The van der Waals surface area contributed by atoms with Crippen molar-refractivity contribution in [3.8, 4) is 0 Å². The molecule has 1 aromatic rings. The molecule has 1 amide bonds. The Balaban J connectivity index is 1.42. The van der Waals surface area contributed by atoms with E-state index in [4.69, 9.17) is 4.74 Å². The largest absolute Gasteiger partial charge is 0.373 e. The molecule has 3 fully saturated rings. The summed E-state index contributed by atoms with van der Waals surface area (Å²) in [5, 5.41) is 9.84. The molecule has 96 valence electrons. The minimum absolute atomic E-state index is 0.138. The summed E-state index contributed by atoms with van der Waals surface area (Å²) in [7, 11) is 0. The van der Waals surface area contributed by atoms with Gasteiger partial charge < -0.3 is 10.1 Å². The van der Waals surface area contributed by atoms with E-state index in [9.17, 15) is 4.79 Å². The van der Waals surface area contributed by atoms with Crippen LogP contribution < -0.4 is 5.32 Å². The normalized spacial score (nSPS) is 33.9. The molecule has 3 aliphatic rings. The van der Waals surface area contributed by atoms with Crippen LogP contribution in [0.5, 0.6) is 0 Å². The number of carbonyl (C=O) groups excluding carboxylic acids is 1. The topological polar surface area (TPSA) is 79.9 Å². The van der Waals surface area contributed by atoms with Gasteiger partial charge in [-0.15, -0.1) is 5.10 Å². The molecule has 1 aliphatic carbocycles. The summed E-state index contributed by atoms with van der Waals surface area (Å²) >= 11 is 0. The maximum absolute atomic E-state index is 12.0. The molecule has 4 rings (SSSR count). The van der Waals surface area contributed by atoms with Gasteiger partial charge in [0, 0.05) is 5.92 Å².